The molecule has 3 rings (SSSR count). The lowest BCUT2D eigenvalue weighted by molar-refractivity contribution is 0.730. The van der Waals surface area contributed by atoms with Gasteiger partial charge in [0.2, 0.25) is 0 Å². The molecule has 0 radical (unpaired) electrons. The van der Waals surface area contributed by atoms with Gasteiger partial charge in [-0.25, -0.2) is 14.2 Å². The van der Waals surface area contributed by atoms with E-state index in [4.69, 9.17) is 0 Å². The Kier molecular flexibility index (Phi) is 3.56. The Labute approximate surface area is 129 Å². The van der Waals surface area contributed by atoms with Crippen LogP contribution < -0.4 is 5.69 Å². The molecule has 0 spiro atoms. The summed E-state index contributed by atoms with van der Waals surface area (Å²) in [5.41, 5.74) is 2.90. The van der Waals surface area contributed by atoms with Gasteiger partial charge in [0.1, 0.15) is 11.3 Å². The highest BCUT2D eigenvalue weighted by Crippen LogP contribution is 2.19. The lowest BCUT2D eigenvalue weighted by atomic mass is 10.1. The number of benzene rings is 1. The van der Waals surface area contributed by atoms with E-state index in [0.29, 0.717) is 11.3 Å². The van der Waals surface area contributed by atoms with Crippen molar-refractivity contribution in [1.82, 2.24) is 14.0 Å². The van der Waals surface area contributed by atoms with Crippen LogP contribution in [-0.2, 0) is 0 Å². The molecular weight excluding hydrogens is 274 g/mol. The number of fused-ring (bicyclic) bond motifs is 1. The van der Waals surface area contributed by atoms with E-state index in [1.54, 1.807) is 22.1 Å². The average Bonchev–Trinajstić information content (AvgIpc) is 2.91. The fraction of sp³-hybridized carbons (Fsp3) is 0.222. The van der Waals surface area contributed by atoms with E-state index in [-0.39, 0.29) is 11.6 Å². The summed E-state index contributed by atoms with van der Waals surface area (Å²) < 4.78 is 3.30. The van der Waals surface area contributed by atoms with Crippen LogP contribution >= 0.6 is 0 Å². The number of hydrogen-bond acceptors (Lipinski definition) is 2. The largest absolute Gasteiger partial charge is 0.339 e. The lowest BCUT2D eigenvalue weighted by Crippen LogP contribution is -2.29. The molecular formula is C18H17N3O. The van der Waals surface area contributed by atoms with Gasteiger partial charge in [-0.15, -0.1) is 0 Å². The normalized spacial score (nSPS) is 10.7. The zero-order valence-electron chi connectivity index (χ0n) is 12.9. The van der Waals surface area contributed by atoms with Gasteiger partial charge in [-0.2, -0.15) is 0 Å². The molecule has 0 amide bonds. The minimum atomic E-state index is -0.136. The molecule has 0 saturated heterocycles. The Hall–Kier alpha value is -2.80. The molecule has 4 nitrogen and oxygen atoms in total. The van der Waals surface area contributed by atoms with Gasteiger partial charge in [-0.3, -0.25) is 4.57 Å². The van der Waals surface area contributed by atoms with E-state index in [1.165, 1.54) is 0 Å². The summed E-state index contributed by atoms with van der Waals surface area (Å²) in [4.78, 5) is 17.4. The second-order valence-electron chi connectivity index (χ2n) is 5.39. The van der Waals surface area contributed by atoms with E-state index in [9.17, 15) is 4.79 Å². The van der Waals surface area contributed by atoms with Crippen molar-refractivity contribution in [2.45, 2.75) is 26.7 Å². The van der Waals surface area contributed by atoms with Crippen molar-refractivity contribution >= 4 is 5.65 Å². The summed E-state index contributed by atoms with van der Waals surface area (Å²) in [5, 5.41) is 0. The highest BCUT2D eigenvalue weighted by molar-refractivity contribution is 5.48. The number of imidazole rings is 1. The molecule has 0 N–H and O–H groups in total. The van der Waals surface area contributed by atoms with E-state index < -0.39 is 0 Å². The van der Waals surface area contributed by atoms with E-state index in [1.807, 2.05) is 36.4 Å². The molecule has 110 valence electrons. The Bertz CT molecular complexity index is 937. The molecule has 0 aliphatic rings. The zero-order chi connectivity index (χ0) is 15.7. The van der Waals surface area contributed by atoms with Gasteiger partial charge in [0.15, 0.2) is 0 Å². The third-order valence-corrected chi connectivity index (χ3v) is 3.57. The van der Waals surface area contributed by atoms with Crippen molar-refractivity contribution in [2.75, 3.05) is 0 Å². The van der Waals surface area contributed by atoms with Gasteiger partial charge < -0.3 is 0 Å². The topological polar surface area (TPSA) is 39.3 Å². The van der Waals surface area contributed by atoms with Crippen LogP contribution in [0.5, 0.6) is 0 Å². The number of aromatic nitrogens is 3. The number of hydrogen-bond donors (Lipinski definition) is 0. The second-order valence-corrected chi connectivity index (χ2v) is 5.39. The van der Waals surface area contributed by atoms with Crippen LogP contribution in [0.1, 0.15) is 38.1 Å². The van der Waals surface area contributed by atoms with Crippen LogP contribution in [0.15, 0.2) is 47.4 Å². The molecule has 3 aromatic rings. The summed E-state index contributed by atoms with van der Waals surface area (Å²) >= 11 is 0. The minimum Gasteiger partial charge on any atom is -0.266 e. The third kappa shape index (κ3) is 2.21. The first-order valence-electron chi connectivity index (χ1n) is 7.25. The van der Waals surface area contributed by atoms with Crippen LogP contribution in [0.3, 0.4) is 0 Å². The predicted molar refractivity (Wildman–Crippen MR) is 87.4 cm³/mol. The molecule has 0 bridgehead atoms. The minimum absolute atomic E-state index is 0.136. The van der Waals surface area contributed by atoms with Crippen molar-refractivity contribution < 1.29 is 0 Å². The molecule has 1 aromatic carbocycles. The molecule has 0 aliphatic heterocycles. The zero-order valence-corrected chi connectivity index (χ0v) is 12.9. The van der Waals surface area contributed by atoms with Crippen LogP contribution in [0.4, 0.5) is 0 Å². The van der Waals surface area contributed by atoms with Gasteiger partial charge in [0, 0.05) is 11.8 Å². The van der Waals surface area contributed by atoms with Gasteiger partial charge in [-0.05, 0) is 30.9 Å². The van der Waals surface area contributed by atoms with Crippen LogP contribution in [0, 0.1) is 11.8 Å². The monoisotopic (exact) mass is 291 g/mol. The summed E-state index contributed by atoms with van der Waals surface area (Å²) in [6.07, 6.45) is 1.65. The number of para-hydroxylation sites is 1. The van der Waals surface area contributed by atoms with Crippen LogP contribution in [-0.4, -0.2) is 14.0 Å². The van der Waals surface area contributed by atoms with Crippen molar-refractivity contribution in [3.63, 3.8) is 0 Å². The second kappa shape index (κ2) is 5.53. The molecule has 2 aromatic heterocycles. The SMILES string of the molecule is CC#Cc1cnc2cc(C(C)C)n(-c3ccccc3)c(=O)n12. The maximum absolute atomic E-state index is 13.0. The third-order valence-electron chi connectivity index (χ3n) is 3.57. The van der Waals surface area contributed by atoms with Crippen LogP contribution in [0.2, 0.25) is 0 Å². The Morgan fingerprint density at radius 2 is 1.91 bits per heavy atom. The Morgan fingerprint density at radius 3 is 2.55 bits per heavy atom. The molecule has 0 fully saturated rings. The van der Waals surface area contributed by atoms with Gasteiger partial charge in [0.05, 0.1) is 11.9 Å². The number of nitrogens with zero attached hydrogens (tertiary/aromatic N) is 3. The van der Waals surface area contributed by atoms with Crippen molar-refractivity contribution in [2.24, 2.45) is 0 Å². The Morgan fingerprint density at radius 1 is 1.18 bits per heavy atom. The smallest absolute Gasteiger partial charge is 0.266 e. The molecule has 0 atom stereocenters. The first kappa shape index (κ1) is 14.2. The van der Waals surface area contributed by atoms with Crippen LogP contribution in [0.25, 0.3) is 11.3 Å². The summed E-state index contributed by atoms with van der Waals surface area (Å²) in [5.74, 6) is 5.97. The lowest BCUT2D eigenvalue weighted by Gasteiger charge is -2.16. The molecule has 4 heteroatoms. The summed E-state index contributed by atoms with van der Waals surface area (Å²) in [6, 6.07) is 11.6. The van der Waals surface area contributed by atoms with E-state index in [2.05, 4.69) is 30.7 Å². The Balaban J connectivity index is 2.44. The van der Waals surface area contributed by atoms with Crippen molar-refractivity contribution in [1.29, 1.82) is 0 Å². The molecule has 0 aliphatic carbocycles. The van der Waals surface area contributed by atoms with Gasteiger partial charge in [0.25, 0.3) is 0 Å². The highest BCUT2D eigenvalue weighted by atomic mass is 16.1. The average molecular weight is 291 g/mol. The molecule has 0 unspecified atom stereocenters. The van der Waals surface area contributed by atoms with Gasteiger partial charge >= 0.3 is 5.69 Å². The highest BCUT2D eigenvalue weighted by Gasteiger charge is 2.15. The quantitative estimate of drug-likeness (QED) is 0.681. The van der Waals surface area contributed by atoms with E-state index in [0.717, 1.165) is 11.4 Å². The fourth-order valence-corrected chi connectivity index (χ4v) is 2.55. The maximum atomic E-state index is 13.0. The summed E-state index contributed by atoms with van der Waals surface area (Å²) in [6.45, 7) is 5.89. The first-order valence-corrected chi connectivity index (χ1v) is 7.25. The standard InChI is InChI=1S/C18H17N3O/c1-4-8-15-12-19-17-11-16(13(2)3)20(18(22)21(15)17)14-9-6-5-7-10-14/h5-7,9-13H,1-3H3. The van der Waals surface area contributed by atoms with E-state index >= 15 is 0 Å². The molecule has 0 saturated carbocycles. The van der Waals surface area contributed by atoms with Crippen molar-refractivity contribution in [3.05, 3.63) is 64.5 Å². The predicted octanol–water partition coefficient (Wildman–Crippen LogP) is 2.98. The summed E-state index contributed by atoms with van der Waals surface area (Å²) in [7, 11) is 0. The van der Waals surface area contributed by atoms with Crippen molar-refractivity contribution in [3.8, 4) is 17.5 Å². The van der Waals surface area contributed by atoms with Gasteiger partial charge in [-0.1, -0.05) is 38.0 Å². The maximum Gasteiger partial charge on any atom is 0.339 e. The molecule has 2 heterocycles. The number of rotatable bonds is 2. The fourth-order valence-electron chi connectivity index (χ4n) is 2.55. The first-order chi connectivity index (χ1) is 10.6. The molecule has 22 heavy (non-hydrogen) atoms.